The van der Waals surface area contributed by atoms with E-state index in [9.17, 15) is 9.90 Å². The fourth-order valence-corrected chi connectivity index (χ4v) is 3.05. The lowest BCUT2D eigenvalue weighted by Crippen LogP contribution is -2.52. The molecular formula is C15H29NO2. The molecule has 0 aliphatic heterocycles. The van der Waals surface area contributed by atoms with Crippen LogP contribution in [0.1, 0.15) is 65.7 Å². The van der Waals surface area contributed by atoms with E-state index >= 15 is 0 Å². The van der Waals surface area contributed by atoms with Crippen molar-refractivity contribution in [1.29, 1.82) is 0 Å². The van der Waals surface area contributed by atoms with E-state index in [1.807, 2.05) is 20.9 Å². The first-order chi connectivity index (χ1) is 8.39. The van der Waals surface area contributed by atoms with E-state index in [0.29, 0.717) is 6.04 Å². The molecule has 0 radical (unpaired) electrons. The number of carboxylic acids is 1. The van der Waals surface area contributed by atoms with Gasteiger partial charge < -0.3 is 5.11 Å². The largest absolute Gasteiger partial charge is 0.480 e. The lowest BCUT2D eigenvalue weighted by Gasteiger charge is -2.38. The molecule has 3 heteroatoms. The lowest BCUT2D eigenvalue weighted by molar-refractivity contribution is -0.150. The van der Waals surface area contributed by atoms with Crippen molar-refractivity contribution in [3.8, 4) is 0 Å². The van der Waals surface area contributed by atoms with Gasteiger partial charge in [-0.25, -0.2) is 0 Å². The number of carboxylic acid groups (broad SMARTS) is 1. The van der Waals surface area contributed by atoms with Gasteiger partial charge in [-0.1, -0.05) is 32.6 Å². The molecule has 0 heterocycles. The van der Waals surface area contributed by atoms with Crippen LogP contribution < -0.4 is 0 Å². The Balaban J connectivity index is 2.60. The van der Waals surface area contributed by atoms with E-state index < -0.39 is 11.5 Å². The van der Waals surface area contributed by atoms with Crippen LogP contribution in [0.5, 0.6) is 0 Å². The Morgan fingerprint density at radius 2 is 1.94 bits per heavy atom. The van der Waals surface area contributed by atoms with Crippen molar-refractivity contribution in [2.45, 2.75) is 77.3 Å². The molecule has 1 rings (SSSR count). The fraction of sp³-hybridized carbons (Fsp3) is 0.933. The van der Waals surface area contributed by atoms with Crippen molar-refractivity contribution in [3.05, 3.63) is 0 Å². The second kappa shape index (κ2) is 6.55. The summed E-state index contributed by atoms with van der Waals surface area (Å²) in [4.78, 5) is 13.4. The van der Waals surface area contributed by atoms with E-state index in [0.717, 1.165) is 18.8 Å². The molecule has 1 aliphatic carbocycles. The first kappa shape index (κ1) is 15.5. The van der Waals surface area contributed by atoms with E-state index in [1.54, 1.807) is 0 Å². The van der Waals surface area contributed by atoms with Crippen LogP contribution in [0.3, 0.4) is 0 Å². The molecule has 1 saturated carbocycles. The minimum atomic E-state index is -0.755. The van der Waals surface area contributed by atoms with Crippen molar-refractivity contribution in [1.82, 2.24) is 4.90 Å². The highest BCUT2D eigenvalue weighted by Gasteiger charge is 2.36. The Kier molecular flexibility index (Phi) is 5.64. The van der Waals surface area contributed by atoms with Gasteiger partial charge in [-0.05, 0) is 46.1 Å². The van der Waals surface area contributed by atoms with Gasteiger partial charge in [0.05, 0.1) is 0 Å². The third-order valence-electron chi connectivity index (χ3n) is 4.71. The van der Waals surface area contributed by atoms with Crippen molar-refractivity contribution >= 4 is 5.97 Å². The summed E-state index contributed by atoms with van der Waals surface area (Å²) >= 11 is 0. The maximum atomic E-state index is 11.3. The Labute approximate surface area is 112 Å². The fourth-order valence-electron chi connectivity index (χ4n) is 3.05. The summed E-state index contributed by atoms with van der Waals surface area (Å²) in [5.74, 6) is 0.140. The second-order valence-electron chi connectivity index (χ2n) is 6.29. The Bertz CT molecular complexity index is 276. The standard InChI is InChI=1S/C15H29NO2/c1-5-7-12-8-6-9-13(11-10-12)16(4)15(2,3)14(17)18/h12-13H,5-11H2,1-4H3,(H,17,18). The average Bonchev–Trinajstić information content (AvgIpc) is 2.54. The molecule has 0 aromatic rings. The smallest absolute Gasteiger partial charge is 0.323 e. The molecule has 0 spiro atoms. The minimum absolute atomic E-state index is 0.429. The van der Waals surface area contributed by atoms with E-state index in [2.05, 4.69) is 11.8 Å². The van der Waals surface area contributed by atoms with Crippen molar-refractivity contribution in [2.24, 2.45) is 5.92 Å². The SMILES string of the molecule is CCCC1CCCC(N(C)C(C)(C)C(=O)O)CC1. The first-order valence-corrected chi connectivity index (χ1v) is 7.36. The Hall–Kier alpha value is -0.570. The van der Waals surface area contributed by atoms with Crippen LogP contribution in [-0.2, 0) is 4.79 Å². The molecule has 0 aromatic carbocycles. The number of aliphatic carboxylic acids is 1. The van der Waals surface area contributed by atoms with E-state index in [1.165, 1.54) is 32.1 Å². The van der Waals surface area contributed by atoms with Crippen LogP contribution in [-0.4, -0.2) is 34.6 Å². The molecule has 0 saturated heterocycles. The van der Waals surface area contributed by atoms with Gasteiger partial charge in [0.1, 0.15) is 5.54 Å². The van der Waals surface area contributed by atoms with Gasteiger partial charge in [0.2, 0.25) is 0 Å². The monoisotopic (exact) mass is 255 g/mol. The number of rotatable bonds is 5. The van der Waals surface area contributed by atoms with Gasteiger partial charge in [-0.15, -0.1) is 0 Å². The summed E-state index contributed by atoms with van der Waals surface area (Å²) < 4.78 is 0. The van der Waals surface area contributed by atoms with Crippen molar-refractivity contribution in [2.75, 3.05) is 7.05 Å². The summed E-state index contributed by atoms with van der Waals surface area (Å²) in [6.07, 6.45) is 8.73. The molecule has 18 heavy (non-hydrogen) atoms. The summed E-state index contributed by atoms with van der Waals surface area (Å²) in [5.41, 5.74) is -0.755. The third-order valence-corrected chi connectivity index (χ3v) is 4.71. The molecule has 106 valence electrons. The molecule has 0 amide bonds. The van der Waals surface area contributed by atoms with Crippen molar-refractivity contribution < 1.29 is 9.90 Å². The molecule has 3 nitrogen and oxygen atoms in total. The Morgan fingerprint density at radius 3 is 2.50 bits per heavy atom. The summed E-state index contributed by atoms with van der Waals surface area (Å²) in [5, 5.41) is 9.31. The highest BCUT2D eigenvalue weighted by molar-refractivity contribution is 5.77. The van der Waals surface area contributed by atoms with Gasteiger partial charge in [0.25, 0.3) is 0 Å². The first-order valence-electron chi connectivity index (χ1n) is 7.36. The second-order valence-corrected chi connectivity index (χ2v) is 6.29. The molecular weight excluding hydrogens is 226 g/mol. The molecule has 0 bridgehead atoms. The highest BCUT2D eigenvalue weighted by atomic mass is 16.4. The lowest BCUT2D eigenvalue weighted by atomic mass is 9.94. The van der Waals surface area contributed by atoms with Crippen molar-refractivity contribution in [3.63, 3.8) is 0 Å². The predicted octanol–water partition coefficient (Wildman–Crippen LogP) is 3.53. The van der Waals surface area contributed by atoms with Gasteiger partial charge in [-0.2, -0.15) is 0 Å². The maximum Gasteiger partial charge on any atom is 0.323 e. The van der Waals surface area contributed by atoms with Gasteiger partial charge in [0, 0.05) is 6.04 Å². The topological polar surface area (TPSA) is 40.5 Å². The van der Waals surface area contributed by atoms with Crippen LogP contribution in [0.15, 0.2) is 0 Å². The van der Waals surface area contributed by atoms with Crippen LogP contribution >= 0.6 is 0 Å². The van der Waals surface area contributed by atoms with Crippen LogP contribution in [0.25, 0.3) is 0 Å². The van der Waals surface area contributed by atoms with Gasteiger partial charge >= 0.3 is 5.97 Å². The number of hydrogen-bond donors (Lipinski definition) is 1. The predicted molar refractivity (Wildman–Crippen MR) is 74.7 cm³/mol. The van der Waals surface area contributed by atoms with E-state index in [-0.39, 0.29) is 0 Å². The number of hydrogen-bond acceptors (Lipinski definition) is 2. The van der Waals surface area contributed by atoms with Gasteiger partial charge in [0.15, 0.2) is 0 Å². The minimum Gasteiger partial charge on any atom is -0.480 e. The molecule has 1 N–H and O–H groups in total. The zero-order chi connectivity index (χ0) is 13.8. The summed E-state index contributed by atoms with van der Waals surface area (Å²) in [6, 6.07) is 0.429. The highest BCUT2D eigenvalue weighted by Crippen LogP contribution is 2.31. The summed E-state index contributed by atoms with van der Waals surface area (Å²) in [7, 11) is 1.97. The average molecular weight is 255 g/mol. The normalized spacial score (nSPS) is 26.1. The number of nitrogens with zero attached hydrogens (tertiary/aromatic N) is 1. The molecule has 1 fully saturated rings. The van der Waals surface area contributed by atoms with Crippen LogP contribution in [0.4, 0.5) is 0 Å². The Morgan fingerprint density at radius 1 is 1.28 bits per heavy atom. The van der Waals surface area contributed by atoms with Crippen LogP contribution in [0.2, 0.25) is 0 Å². The van der Waals surface area contributed by atoms with E-state index in [4.69, 9.17) is 0 Å². The van der Waals surface area contributed by atoms with Gasteiger partial charge in [-0.3, -0.25) is 9.69 Å². The molecule has 1 aliphatic rings. The maximum absolute atomic E-state index is 11.3. The number of carbonyl (C=O) groups is 1. The number of likely N-dealkylation sites (N-methyl/N-ethyl adjacent to an activating group) is 1. The zero-order valence-electron chi connectivity index (χ0n) is 12.4. The zero-order valence-corrected chi connectivity index (χ0v) is 12.4. The summed E-state index contributed by atoms with van der Waals surface area (Å²) in [6.45, 7) is 5.87. The molecule has 0 aromatic heterocycles. The third kappa shape index (κ3) is 3.71. The molecule has 2 atom stereocenters. The van der Waals surface area contributed by atoms with Crippen LogP contribution in [0, 0.1) is 5.92 Å². The quantitative estimate of drug-likeness (QED) is 0.764. The molecule has 2 unspecified atom stereocenters.